The summed E-state index contributed by atoms with van der Waals surface area (Å²) in [4.78, 5) is 21.7. The number of hydrogen-bond donors (Lipinski definition) is 2. The molecule has 2 N–H and O–H groups in total. The fraction of sp³-hybridized carbons (Fsp3) is 0.615. The van der Waals surface area contributed by atoms with Gasteiger partial charge >= 0.3 is 12.3 Å². The van der Waals surface area contributed by atoms with Gasteiger partial charge in [0.05, 0.1) is 0 Å². The number of nitrogens with zero attached hydrogens (tertiary/aromatic N) is 4. The van der Waals surface area contributed by atoms with E-state index in [9.17, 15) is 23.1 Å². The molecule has 1 aliphatic rings. The molecule has 0 aromatic carbocycles. The van der Waals surface area contributed by atoms with Crippen LogP contribution in [0.15, 0.2) is 12.4 Å². The Bertz CT molecular complexity index is 577. The second kappa shape index (κ2) is 5.84. The molecule has 0 bridgehead atoms. The third kappa shape index (κ3) is 3.31. The summed E-state index contributed by atoms with van der Waals surface area (Å²) in [5.74, 6) is 0.198. The zero-order valence-corrected chi connectivity index (χ0v) is 12.6. The standard InChI is InChI=1S/C13H17F3N4O3/c1-8-7-19(11(21)22)3-4-20(8)10-17-5-9(6-18-10)12(2,23)13(14,15)16/h5-6,8,23H,3-4,7H2,1-2H3,(H,21,22)/t8-,12?/m0/s1. The van der Waals surface area contributed by atoms with Crippen LogP contribution >= 0.6 is 0 Å². The first-order valence-electron chi connectivity index (χ1n) is 6.90. The van der Waals surface area contributed by atoms with E-state index in [0.717, 1.165) is 12.4 Å². The van der Waals surface area contributed by atoms with Crippen molar-refractivity contribution in [3.05, 3.63) is 18.0 Å². The molecule has 1 aliphatic heterocycles. The molecule has 2 atom stereocenters. The normalized spacial score (nSPS) is 21.9. The second-order valence-corrected chi connectivity index (χ2v) is 5.61. The number of amides is 1. The quantitative estimate of drug-likeness (QED) is 0.850. The van der Waals surface area contributed by atoms with Crippen molar-refractivity contribution in [1.29, 1.82) is 0 Å². The molecule has 128 valence electrons. The summed E-state index contributed by atoms with van der Waals surface area (Å²) < 4.78 is 38.3. The highest BCUT2D eigenvalue weighted by Gasteiger charge is 2.51. The molecule has 10 heteroatoms. The molecule has 1 saturated heterocycles. The Morgan fingerprint density at radius 3 is 2.30 bits per heavy atom. The Kier molecular flexibility index (Phi) is 4.38. The highest BCUT2D eigenvalue weighted by atomic mass is 19.4. The number of halogens is 3. The van der Waals surface area contributed by atoms with Gasteiger partial charge in [-0.1, -0.05) is 0 Å². The minimum absolute atomic E-state index is 0.198. The van der Waals surface area contributed by atoms with E-state index >= 15 is 0 Å². The van der Waals surface area contributed by atoms with E-state index in [0.29, 0.717) is 13.5 Å². The number of carboxylic acid groups (broad SMARTS) is 1. The van der Waals surface area contributed by atoms with Gasteiger partial charge in [0, 0.05) is 43.6 Å². The van der Waals surface area contributed by atoms with Crippen LogP contribution in [0.1, 0.15) is 19.4 Å². The zero-order valence-electron chi connectivity index (χ0n) is 12.6. The van der Waals surface area contributed by atoms with Gasteiger partial charge in [-0.3, -0.25) is 0 Å². The van der Waals surface area contributed by atoms with Gasteiger partial charge in [0.25, 0.3) is 0 Å². The highest BCUT2D eigenvalue weighted by Crippen LogP contribution is 2.38. The molecule has 1 aromatic heterocycles. The second-order valence-electron chi connectivity index (χ2n) is 5.61. The van der Waals surface area contributed by atoms with E-state index in [1.807, 2.05) is 0 Å². The van der Waals surface area contributed by atoms with Crippen LogP contribution in [0.3, 0.4) is 0 Å². The van der Waals surface area contributed by atoms with Crippen LogP contribution in [0.2, 0.25) is 0 Å². The molecule has 0 saturated carbocycles. The summed E-state index contributed by atoms with van der Waals surface area (Å²) in [5.41, 5.74) is -3.48. The Morgan fingerprint density at radius 1 is 1.30 bits per heavy atom. The summed E-state index contributed by atoms with van der Waals surface area (Å²) in [7, 11) is 0. The van der Waals surface area contributed by atoms with Gasteiger partial charge in [-0.25, -0.2) is 14.8 Å². The minimum atomic E-state index is -4.84. The van der Waals surface area contributed by atoms with E-state index < -0.39 is 23.4 Å². The largest absolute Gasteiger partial charge is 0.465 e. The molecule has 7 nitrogen and oxygen atoms in total. The fourth-order valence-corrected chi connectivity index (χ4v) is 2.31. The molecule has 23 heavy (non-hydrogen) atoms. The topological polar surface area (TPSA) is 89.8 Å². The number of carbonyl (C=O) groups is 1. The van der Waals surface area contributed by atoms with Crippen molar-refractivity contribution in [2.75, 3.05) is 24.5 Å². The Balaban J connectivity index is 2.16. The lowest BCUT2D eigenvalue weighted by Crippen LogP contribution is -2.54. The van der Waals surface area contributed by atoms with Gasteiger partial charge < -0.3 is 20.0 Å². The van der Waals surface area contributed by atoms with E-state index in [1.54, 1.807) is 11.8 Å². The molecular formula is C13H17F3N4O3. The first-order chi connectivity index (χ1) is 10.5. The third-order valence-electron chi connectivity index (χ3n) is 3.91. The predicted octanol–water partition coefficient (Wildman–Crippen LogP) is 1.43. The van der Waals surface area contributed by atoms with Crippen molar-refractivity contribution in [2.45, 2.75) is 31.7 Å². The summed E-state index contributed by atoms with van der Waals surface area (Å²) in [6.45, 7) is 3.26. The van der Waals surface area contributed by atoms with Gasteiger partial charge in [-0.2, -0.15) is 13.2 Å². The maximum absolute atomic E-state index is 12.8. The van der Waals surface area contributed by atoms with Crippen LogP contribution < -0.4 is 4.90 Å². The van der Waals surface area contributed by atoms with E-state index in [-0.39, 0.29) is 25.1 Å². The van der Waals surface area contributed by atoms with Gasteiger partial charge in [-0.05, 0) is 13.8 Å². The average Bonchev–Trinajstić information content (AvgIpc) is 2.46. The molecule has 1 aromatic rings. The van der Waals surface area contributed by atoms with Gasteiger partial charge in [0.1, 0.15) is 0 Å². The van der Waals surface area contributed by atoms with Crippen molar-refractivity contribution >= 4 is 12.0 Å². The summed E-state index contributed by atoms with van der Waals surface area (Å²) in [5, 5.41) is 18.5. The van der Waals surface area contributed by atoms with Crippen molar-refractivity contribution in [3.63, 3.8) is 0 Å². The van der Waals surface area contributed by atoms with Crippen LogP contribution in [0.5, 0.6) is 0 Å². The molecule has 0 aliphatic carbocycles. The van der Waals surface area contributed by atoms with E-state index in [1.165, 1.54) is 4.90 Å². The van der Waals surface area contributed by atoms with Crippen molar-refractivity contribution < 1.29 is 28.2 Å². The van der Waals surface area contributed by atoms with Crippen molar-refractivity contribution in [1.82, 2.24) is 14.9 Å². The fourth-order valence-electron chi connectivity index (χ4n) is 2.31. The molecule has 0 radical (unpaired) electrons. The average molecular weight is 334 g/mol. The maximum atomic E-state index is 12.8. The minimum Gasteiger partial charge on any atom is -0.465 e. The molecule has 0 spiro atoms. The Hall–Kier alpha value is -2.10. The predicted molar refractivity (Wildman–Crippen MR) is 74.1 cm³/mol. The number of hydrogen-bond acceptors (Lipinski definition) is 5. The SMILES string of the molecule is C[C@H]1CN(C(=O)O)CCN1c1ncc(C(C)(O)C(F)(F)F)cn1. The van der Waals surface area contributed by atoms with Crippen molar-refractivity contribution in [2.24, 2.45) is 0 Å². The number of aliphatic hydroxyl groups is 1. The first-order valence-corrected chi connectivity index (χ1v) is 6.90. The van der Waals surface area contributed by atoms with E-state index in [4.69, 9.17) is 5.11 Å². The number of aromatic nitrogens is 2. The molecule has 2 heterocycles. The summed E-state index contributed by atoms with van der Waals surface area (Å²) >= 11 is 0. The lowest BCUT2D eigenvalue weighted by atomic mass is 9.99. The van der Waals surface area contributed by atoms with Crippen LogP contribution in [-0.4, -0.2) is 63.0 Å². The lowest BCUT2D eigenvalue weighted by Gasteiger charge is -2.38. The van der Waals surface area contributed by atoms with Crippen LogP contribution in [-0.2, 0) is 5.60 Å². The maximum Gasteiger partial charge on any atom is 0.421 e. The highest BCUT2D eigenvalue weighted by molar-refractivity contribution is 5.65. The Morgan fingerprint density at radius 2 is 1.87 bits per heavy atom. The smallest absolute Gasteiger partial charge is 0.421 e. The zero-order chi connectivity index (χ0) is 17.4. The molecule has 1 fully saturated rings. The number of anilines is 1. The van der Waals surface area contributed by atoms with Crippen LogP contribution in [0, 0.1) is 0 Å². The first kappa shape index (κ1) is 17.3. The van der Waals surface area contributed by atoms with Crippen LogP contribution in [0.4, 0.5) is 23.9 Å². The number of piperazine rings is 1. The van der Waals surface area contributed by atoms with Crippen molar-refractivity contribution in [3.8, 4) is 0 Å². The van der Waals surface area contributed by atoms with E-state index in [2.05, 4.69) is 9.97 Å². The Labute approximate surface area is 130 Å². The summed E-state index contributed by atoms with van der Waals surface area (Å²) in [6.07, 6.45) is -3.98. The summed E-state index contributed by atoms with van der Waals surface area (Å²) in [6, 6.07) is -0.214. The number of alkyl halides is 3. The monoisotopic (exact) mass is 334 g/mol. The van der Waals surface area contributed by atoms with Gasteiger partial charge in [0.2, 0.25) is 5.95 Å². The lowest BCUT2D eigenvalue weighted by molar-refractivity contribution is -0.259. The molecule has 1 amide bonds. The van der Waals surface area contributed by atoms with Gasteiger partial charge in [0.15, 0.2) is 5.60 Å². The molecular weight excluding hydrogens is 317 g/mol. The number of rotatable bonds is 2. The van der Waals surface area contributed by atoms with Gasteiger partial charge in [-0.15, -0.1) is 0 Å². The third-order valence-corrected chi connectivity index (χ3v) is 3.91. The molecule has 1 unspecified atom stereocenters. The van der Waals surface area contributed by atoms with Crippen LogP contribution in [0.25, 0.3) is 0 Å². The molecule has 2 rings (SSSR count).